The number of ether oxygens (including phenoxy) is 4. The Morgan fingerprint density at radius 2 is 2.10 bits per heavy atom. The molecule has 0 saturated carbocycles. The molecule has 1 N–H and O–H groups in total. The summed E-state index contributed by atoms with van der Waals surface area (Å²) in [6, 6.07) is 5.06. The average molecular weight is 415 g/mol. The second-order valence-electron chi connectivity index (χ2n) is 6.76. The Hall–Kier alpha value is -2.13. The zero-order chi connectivity index (χ0) is 21.1. The van der Waals surface area contributed by atoms with Crippen LogP contribution in [0, 0.1) is 5.92 Å². The van der Waals surface area contributed by atoms with Gasteiger partial charge in [0.1, 0.15) is 0 Å². The molecule has 0 aliphatic carbocycles. The number of rotatable bonds is 11. The number of hydrogen-bond donors (Lipinski definition) is 1. The quantitative estimate of drug-likeness (QED) is 0.340. The minimum absolute atomic E-state index is 0.0419. The molecule has 29 heavy (non-hydrogen) atoms. The molecule has 2 rings (SSSR count). The summed E-state index contributed by atoms with van der Waals surface area (Å²) >= 11 is 0. The standard InChI is InChI=1S/C20H31F2N3O4/c1-23-20(25-9-7-16(13-25)14-28-11-10-26-2)24-8-6-15-4-5-17(27-3)18(12-15)29-19(21)22/h4-5,12,16,19H,6-11,13-14H2,1-3H3,(H,23,24). The van der Waals surface area contributed by atoms with Gasteiger partial charge in [-0.1, -0.05) is 6.07 Å². The van der Waals surface area contributed by atoms with Crippen LogP contribution in [-0.2, 0) is 15.9 Å². The van der Waals surface area contributed by atoms with Gasteiger partial charge in [-0.3, -0.25) is 4.99 Å². The van der Waals surface area contributed by atoms with Gasteiger partial charge in [-0.15, -0.1) is 0 Å². The van der Waals surface area contributed by atoms with Crippen LogP contribution in [0.2, 0.25) is 0 Å². The fraction of sp³-hybridized carbons (Fsp3) is 0.650. The van der Waals surface area contributed by atoms with E-state index in [-0.39, 0.29) is 11.5 Å². The largest absolute Gasteiger partial charge is 0.493 e. The lowest BCUT2D eigenvalue weighted by Crippen LogP contribution is -2.41. The first-order chi connectivity index (χ1) is 14.1. The molecule has 1 aromatic rings. The van der Waals surface area contributed by atoms with Crippen LogP contribution in [0.5, 0.6) is 11.5 Å². The molecule has 1 unspecified atom stereocenters. The first-order valence-electron chi connectivity index (χ1n) is 9.71. The molecule has 0 radical (unpaired) electrons. The summed E-state index contributed by atoms with van der Waals surface area (Å²) in [6.07, 6.45) is 1.69. The SMILES string of the molecule is CN=C(NCCc1ccc(OC)c(OC(F)F)c1)N1CCC(COCCOC)C1. The van der Waals surface area contributed by atoms with Crippen molar-refractivity contribution in [1.29, 1.82) is 0 Å². The molecule has 9 heteroatoms. The van der Waals surface area contributed by atoms with E-state index in [1.54, 1.807) is 26.3 Å². The monoisotopic (exact) mass is 415 g/mol. The summed E-state index contributed by atoms with van der Waals surface area (Å²) in [5, 5.41) is 3.34. The number of nitrogens with one attached hydrogen (secondary N) is 1. The first-order valence-corrected chi connectivity index (χ1v) is 9.71. The molecular weight excluding hydrogens is 384 g/mol. The van der Waals surface area contributed by atoms with E-state index in [1.165, 1.54) is 7.11 Å². The van der Waals surface area contributed by atoms with E-state index >= 15 is 0 Å². The average Bonchev–Trinajstić information content (AvgIpc) is 3.17. The lowest BCUT2D eigenvalue weighted by Gasteiger charge is -2.22. The Labute approximate surface area is 171 Å². The molecular formula is C20H31F2N3O4. The minimum Gasteiger partial charge on any atom is -0.493 e. The molecule has 1 aliphatic heterocycles. The lowest BCUT2D eigenvalue weighted by molar-refractivity contribution is -0.0512. The van der Waals surface area contributed by atoms with E-state index < -0.39 is 6.61 Å². The maximum atomic E-state index is 12.6. The summed E-state index contributed by atoms with van der Waals surface area (Å²) in [5.74, 6) is 1.64. The molecule has 1 heterocycles. The van der Waals surface area contributed by atoms with Crippen molar-refractivity contribution in [2.75, 3.05) is 60.7 Å². The van der Waals surface area contributed by atoms with E-state index in [9.17, 15) is 8.78 Å². The predicted molar refractivity (Wildman–Crippen MR) is 107 cm³/mol. The van der Waals surface area contributed by atoms with Crippen LogP contribution in [0.25, 0.3) is 0 Å². The maximum absolute atomic E-state index is 12.6. The number of guanidine groups is 1. The van der Waals surface area contributed by atoms with Crippen molar-refractivity contribution in [1.82, 2.24) is 10.2 Å². The van der Waals surface area contributed by atoms with Gasteiger partial charge in [0.2, 0.25) is 0 Å². The number of nitrogens with zero attached hydrogens (tertiary/aromatic N) is 2. The second kappa shape index (κ2) is 12.4. The van der Waals surface area contributed by atoms with Gasteiger partial charge in [0, 0.05) is 39.7 Å². The van der Waals surface area contributed by atoms with Crippen LogP contribution in [0.1, 0.15) is 12.0 Å². The third-order valence-electron chi connectivity index (χ3n) is 4.72. The van der Waals surface area contributed by atoms with Gasteiger partial charge in [0.05, 0.1) is 26.9 Å². The van der Waals surface area contributed by atoms with Crippen LogP contribution in [0.4, 0.5) is 8.78 Å². The molecule has 1 fully saturated rings. The highest BCUT2D eigenvalue weighted by Gasteiger charge is 2.24. The summed E-state index contributed by atoms with van der Waals surface area (Å²) in [4.78, 5) is 6.57. The predicted octanol–water partition coefficient (Wildman–Crippen LogP) is 2.40. The summed E-state index contributed by atoms with van der Waals surface area (Å²) in [5.41, 5.74) is 0.871. The molecule has 1 saturated heterocycles. The number of halogens is 2. The van der Waals surface area contributed by atoms with Crippen molar-refractivity contribution in [3.05, 3.63) is 23.8 Å². The number of hydrogen-bond acceptors (Lipinski definition) is 5. The minimum atomic E-state index is -2.89. The molecule has 0 spiro atoms. The van der Waals surface area contributed by atoms with Gasteiger partial charge >= 0.3 is 6.61 Å². The van der Waals surface area contributed by atoms with Crippen molar-refractivity contribution < 1.29 is 27.7 Å². The van der Waals surface area contributed by atoms with Crippen molar-refractivity contribution in [3.63, 3.8) is 0 Å². The zero-order valence-electron chi connectivity index (χ0n) is 17.3. The van der Waals surface area contributed by atoms with E-state index in [1.807, 2.05) is 6.07 Å². The second-order valence-corrected chi connectivity index (χ2v) is 6.76. The van der Waals surface area contributed by atoms with E-state index in [0.717, 1.165) is 37.6 Å². The third kappa shape index (κ3) is 7.66. The summed E-state index contributed by atoms with van der Waals surface area (Å²) in [7, 11) is 4.84. The fourth-order valence-electron chi connectivity index (χ4n) is 3.27. The van der Waals surface area contributed by atoms with E-state index in [2.05, 4.69) is 19.9 Å². The van der Waals surface area contributed by atoms with Crippen molar-refractivity contribution in [2.45, 2.75) is 19.5 Å². The van der Waals surface area contributed by atoms with Crippen LogP contribution in [0.3, 0.4) is 0 Å². The van der Waals surface area contributed by atoms with Crippen LogP contribution in [0.15, 0.2) is 23.2 Å². The Morgan fingerprint density at radius 1 is 1.28 bits per heavy atom. The molecule has 0 bridgehead atoms. The Kier molecular flexibility index (Phi) is 9.93. The molecule has 0 amide bonds. The molecule has 1 atom stereocenters. The Balaban J connectivity index is 1.80. The Morgan fingerprint density at radius 3 is 2.79 bits per heavy atom. The highest BCUT2D eigenvalue weighted by Crippen LogP contribution is 2.29. The van der Waals surface area contributed by atoms with Gasteiger partial charge < -0.3 is 29.2 Å². The van der Waals surface area contributed by atoms with Crippen molar-refractivity contribution in [3.8, 4) is 11.5 Å². The van der Waals surface area contributed by atoms with Crippen molar-refractivity contribution in [2.24, 2.45) is 10.9 Å². The molecule has 1 aliphatic rings. The topological polar surface area (TPSA) is 64.6 Å². The fourth-order valence-corrected chi connectivity index (χ4v) is 3.27. The van der Waals surface area contributed by atoms with E-state index in [4.69, 9.17) is 14.2 Å². The Bertz CT molecular complexity index is 646. The highest BCUT2D eigenvalue weighted by molar-refractivity contribution is 5.80. The van der Waals surface area contributed by atoms with E-state index in [0.29, 0.717) is 32.1 Å². The first kappa shape index (κ1) is 23.2. The molecule has 1 aromatic carbocycles. The van der Waals surface area contributed by atoms with Gasteiger partial charge in [-0.2, -0.15) is 8.78 Å². The van der Waals surface area contributed by atoms with Gasteiger partial charge in [-0.25, -0.2) is 0 Å². The summed E-state index contributed by atoms with van der Waals surface area (Å²) < 4.78 is 45.3. The van der Waals surface area contributed by atoms with Gasteiger partial charge in [0.25, 0.3) is 0 Å². The van der Waals surface area contributed by atoms with Crippen LogP contribution >= 0.6 is 0 Å². The number of methoxy groups -OCH3 is 2. The van der Waals surface area contributed by atoms with Crippen LogP contribution in [-0.4, -0.2) is 78.2 Å². The molecule has 7 nitrogen and oxygen atoms in total. The van der Waals surface area contributed by atoms with Gasteiger partial charge in [0.15, 0.2) is 17.5 Å². The third-order valence-corrected chi connectivity index (χ3v) is 4.72. The molecule has 164 valence electrons. The van der Waals surface area contributed by atoms with Gasteiger partial charge in [-0.05, 0) is 30.5 Å². The number of alkyl halides is 2. The van der Waals surface area contributed by atoms with Crippen LogP contribution < -0.4 is 14.8 Å². The zero-order valence-corrected chi connectivity index (χ0v) is 17.3. The summed E-state index contributed by atoms with van der Waals surface area (Å²) in [6.45, 7) is 1.48. The number of likely N-dealkylation sites (tertiary alicyclic amines) is 1. The lowest BCUT2D eigenvalue weighted by atomic mass is 10.1. The normalized spacial score (nSPS) is 17.1. The van der Waals surface area contributed by atoms with Crippen molar-refractivity contribution >= 4 is 5.96 Å². The number of benzene rings is 1. The number of aliphatic imine (C=N–C) groups is 1. The smallest absolute Gasteiger partial charge is 0.387 e. The molecule has 0 aromatic heterocycles. The highest BCUT2D eigenvalue weighted by atomic mass is 19.3. The maximum Gasteiger partial charge on any atom is 0.387 e.